The van der Waals surface area contributed by atoms with Gasteiger partial charge in [-0.25, -0.2) is 4.98 Å². The third-order valence-corrected chi connectivity index (χ3v) is 4.28. The molecule has 0 unspecified atom stereocenters. The number of Topliss-reactive ketones (excluding diaryl/α,β-unsaturated/α-hetero) is 1. The Bertz CT molecular complexity index is 637. The van der Waals surface area contributed by atoms with E-state index in [1.54, 1.807) is 12.1 Å². The van der Waals surface area contributed by atoms with E-state index in [1.165, 1.54) is 23.5 Å². The molecule has 0 radical (unpaired) electrons. The minimum absolute atomic E-state index is 0.112. The molecule has 1 aromatic heterocycles. The van der Waals surface area contributed by atoms with Crippen molar-refractivity contribution in [1.82, 2.24) is 4.98 Å². The first kappa shape index (κ1) is 13.2. The second-order valence-electron chi connectivity index (χ2n) is 4.47. The molecule has 3 nitrogen and oxygen atoms in total. The predicted molar refractivity (Wildman–Crippen MR) is 71.5 cm³/mol. The fourth-order valence-corrected chi connectivity index (χ4v) is 3.26. The SMILES string of the molecule is O=C1CCCc2nc(-c3ccc(OC(F)F)cc3)sc21. The lowest BCUT2D eigenvalue weighted by Gasteiger charge is -2.06. The van der Waals surface area contributed by atoms with Crippen LogP contribution >= 0.6 is 11.3 Å². The lowest BCUT2D eigenvalue weighted by molar-refractivity contribution is -0.0498. The van der Waals surface area contributed by atoms with Crippen LogP contribution in [-0.4, -0.2) is 17.4 Å². The molecular formula is C14H11F2NO2S. The average molecular weight is 295 g/mol. The number of ketones is 1. The second-order valence-corrected chi connectivity index (χ2v) is 5.47. The number of ether oxygens (including phenoxy) is 1. The van der Waals surface area contributed by atoms with E-state index in [4.69, 9.17) is 0 Å². The molecule has 1 aliphatic carbocycles. The van der Waals surface area contributed by atoms with Crippen LogP contribution in [0.1, 0.15) is 28.2 Å². The number of alkyl halides is 2. The minimum Gasteiger partial charge on any atom is -0.435 e. The predicted octanol–water partition coefficient (Wildman–Crippen LogP) is 3.93. The van der Waals surface area contributed by atoms with E-state index in [0.29, 0.717) is 6.42 Å². The van der Waals surface area contributed by atoms with Crippen molar-refractivity contribution in [2.45, 2.75) is 25.9 Å². The maximum Gasteiger partial charge on any atom is 0.387 e. The zero-order valence-corrected chi connectivity index (χ0v) is 11.3. The largest absolute Gasteiger partial charge is 0.435 e. The van der Waals surface area contributed by atoms with Crippen LogP contribution in [0.25, 0.3) is 10.6 Å². The Kier molecular flexibility index (Phi) is 3.48. The van der Waals surface area contributed by atoms with E-state index in [0.717, 1.165) is 34.0 Å². The Hall–Kier alpha value is -1.82. The van der Waals surface area contributed by atoms with Gasteiger partial charge < -0.3 is 4.74 Å². The highest BCUT2D eigenvalue weighted by Gasteiger charge is 2.22. The Balaban J connectivity index is 1.88. The number of rotatable bonds is 3. The lowest BCUT2D eigenvalue weighted by Crippen LogP contribution is -2.07. The van der Waals surface area contributed by atoms with Gasteiger partial charge in [-0.15, -0.1) is 11.3 Å². The maximum atomic E-state index is 12.1. The van der Waals surface area contributed by atoms with Crippen molar-refractivity contribution in [1.29, 1.82) is 0 Å². The number of benzene rings is 1. The van der Waals surface area contributed by atoms with Crippen molar-refractivity contribution in [3.63, 3.8) is 0 Å². The third kappa shape index (κ3) is 2.56. The van der Waals surface area contributed by atoms with E-state index in [1.807, 2.05) is 0 Å². The van der Waals surface area contributed by atoms with E-state index in [2.05, 4.69) is 9.72 Å². The van der Waals surface area contributed by atoms with Gasteiger partial charge in [0.2, 0.25) is 0 Å². The maximum absolute atomic E-state index is 12.1. The summed E-state index contributed by atoms with van der Waals surface area (Å²) in [6, 6.07) is 6.30. The van der Waals surface area contributed by atoms with Crippen molar-refractivity contribution in [3.8, 4) is 16.3 Å². The smallest absolute Gasteiger partial charge is 0.387 e. The Morgan fingerprint density at radius 1 is 1.20 bits per heavy atom. The molecule has 20 heavy (non-hydrogen) atoms. The van der Waals surface area contributed by atoms with Crippen LogP contribution in [0, 0.1) is 0 Å². The van der Waals surface area contributed by atoms with Crippen molar-refractivity contribution >= 4 is 17.1 Å². The minimum atomic E-state index is -2.83. The lowest BCUT2D eigenvalue weighted by atomic mass is 10.0. The van der Waals surface area contributed by atoms with Crippen LogP contribution in [-0.2, 0) is 6.42 Å². The number of hydrogen-bond acceptors (Lipinski definition) is 4. The molecule has 0 saturated carbocycles. The number of carbonyl (C=O) groups is 1. The normalized spacial score (nSPS) is 14.4. The quantitative estimate of drug-likeness (QED) is 0.861. The number of fused-ring (bicyclic) bond motifs is 1. The molecule has 0 saturated heterocycles. The van der Waals surface area contributed by atoms with Crippen LogP contribution < -0.4 is 4.74 Å². The topological polar surface area (TPSA) is 39.2 Å². The summed E-state index contributed by atoms with van der Waals surface area (Å²) in [5.41, 5.74) is 1.66. The molecule has 0 spiro atoms. The standard InChI is InChI=1S/C14H11F2NO2S/c15-14(16)19-9-6-4-8(5-7-9)13-17-10-2-1-3-11(18)12(10)20-13/h4-7,14H,1-3H2. The van der Waals surface area contributed by atoms with Gasteiger partial charge in [0, 0.05) is 12.0 Å². The summed E-state index contributed by atoms with van der Waals surface area (Å²) in [6.45, 7) is -2.83. The first-order valence-electron chi connectivity index (χ1n) is 6.21. The van der Waals surface area contributed by atoms with Crippen LogP contribution in [0.4, 0.5) is 8.78 Å². The molecule has 0 N–H and O–H groups in total. The number of nitrogens with zero attached hydrogens (tertiary/aromatic N) is 1. The molecule has 0 aliphatic heterocycles. The zero-order valence-electron chi connectivity index (χ0n) is 10.4. The van der Waals surface area contributed by atoms with Crippen LogP contribution in [0.2, 0.25) is 0 Å². The molecule has 3 rings (SSSR count). The molecule has 0 amide bonds. The number of halogens is 2. The highest BCUT2D eigenvalue weighted by atomic mass is 32.1. The fraction of sp³-hybridized carbons (Fsp3) is 0.286. The van der Waals surface area contributed by atoms with Crippen LogP contribution in [0.3, 0.4) is 0 Å². The van der Waals surface area contributed by atoms with Crippen molar-refractivity contribution in [2.24, 2.45) is 0 Å². The van der Waals surface area contributed by atoms with Gasteiger partial charge >= 0.3 is 6.61 Å². The Morgan fingerprint density at radius 2 is 1.95 bits per heavy atom. The molecule has 0 bridgehead atoms. The van der Waals surface area contributed by atoms with Crippen molar-refractivity contribution in [3.05, 3.63) is 34.8 Å². The molecular weight excluding hydrogens is 284 g/mol. The van der Waals surface area contributed by atoms with Gasteiger partial charge in [-0.2, -0.15) is 8.78 Å². The van der Waals surface area contributed by atoms with E-state index >= 15 is 0 Å². The highest BCUT2D eigenvalue weighted by Crippen LogP contribution is 2.33. The van der Waals surface area contributed by atoms with E-state index in [-0.39, 0.29) is 11.5 Å². The summed E-state index contributed by atoms with van der Waals surface area (Å²) in [5.74, 6) is 0.258. The van der Waals surface area contributed by atoms with Crippen LogP contribution in [0.15, 0.2) is 24.3 Å². The summed E-state index contributed by atoms with van der Waals surface area (Å²) in [7, 11) is 0. The number of hydrogen-bond donors (Lipinski definition) is 0. The van der Waals surface area contributed by atoms with E-state index < -0.39 is 6.61 Å². The third-order valence-electron chi connectivity index (χ3n) is 3.09. The monoisotopic (exact) mass is 295 g/mol. The van der Waals surface area contributed by atoms with Gasteiger partial charge in [-0.3, -0.25) is 4.79 Å². The first-order chi connectivity index (χ1) is 9.63. The average Bonchev–Trinajstić information content (AvgIpc) is 2.84. The number of aryl methyl sites for hydroxylation is 1. The summed E-state index contributed by atoms with van der Waals surface area (Å²) in [5, 5.41) is 0.744. The highest BCUT2D eigenvalue weighted by molar-refractivity contribution is 7.17. The summed E-state index contributed by atoms with van der Waals surface area (Å²) in [6.07, 6.45) is 2.25. The number of thiazole rings is 1. The zero-order chi connectivity index (χ0) is 14.1. The molecule has 104 valence electrons. The van der Waals surface area contributed by atoms with Gasteiger partial charge in [0.25, 0.3) is 0 Å². The van der Waals surface area contributed by atoms with Gasteiger partial charge in [0.05, 0.1) is 10.6 Å². The van der Waals surface area contributed by atoms with Crippen molar-refractivity contribution in [2.75, 3.05) is 0 Å². The Labute approximate surface area is 118 Å². The molecule has 0 fully saturated rings. The van der Waals surface area contributed by atoms with Gasteiger partial charge in [-0.1, -0.05) is 0 Å². The van der Waals surface area contributed by atoms with E-state index in [9.17, 15) is 13.6 Å². The second kappa shape index (κ2) is 5.28. The molecule has 6 heteroatoms. The Morgan fingerprint density at radius 3 is 2.60 bits per heavy atom. The summed E-state index contributed by atoms with van der Waals surface area (Å²) >= 11 is 1.37. The fourth-order valence-electron chi connectivity index (χ4n) is 2.17. The molecule has 1 aromatic carbocycles. The molecule has 1 aliphatic rings. The summed E-state index contributed by atoms with van der Waals surface area (Å²) in [4.78, 5) is 17.0. The van der Waals surface area contributed by atoms with Crippen molar-refractivity contribution < 1.29 is 18.3 Å². The van der Waals surface area contributed by atoms with Gasteiger partial charge in [0.15, 0.2) is 5.78 Å². The van der Waals surface area contributed by atoms with Gasteiger partial charge in [0.1, 0.15) is 10.8 Å². The summed E-state index contributed by atoms with van der Waals surface area (Å²) < 4.78 is 28.4. The first-order valence-corrected chi connectivity index (χ1v) is 7.03. The molecule has 1 heterocycles. The number of carbonyl (C=O) groups excluding carboxylic acids is 1. The molecule has 0 atom stereocenters. The van der Waals surface area contributed by atoms with Crippen LogP contribution in [0.5, 0.6) is 5.75 Å². The van der Waals surface area contributed by atoms with Gasteiger partial charge in [-0.05, 0) is 37.1 Å². The number of aromatic nitrogens is 1. The molecule has 2 aromatic rings.